The fourth-order valence-corrected chi connectivity index (χ4v) is 2.74. The van der Waals surface area contributed by atoms with Gasteiger partial charge in [0.25, 0.3) is 0 Å². The number of rotatable bonds is 5. The Morgan fingerprint density at radius 1 is 0.958 bits per heavy atom. The van der Waals surface area contributed by atoms with Crippen molar-refractivity contribution in [2.24, 2.45) is 5.41 Å². The van der Waals surface area contributed by atoms with Crippen molar-refractivity contribution in [2.75, 3.05) is 39.3 Å². The topological polar surface area (TPSA) is 46.9 Å². The molecule has 0 amide bonds. The van der Waals surface area contributed by atoms with Crippen LogP contribution in [0.3, 0.4) is 0 Å². The van der Waals surface area contributed by atoms with E-state index < -0.39 is 17.7 Å². The van der Waals surface area contributed by atoms with Crippen molar-refractivity contribution in [1.29, 1.82) is 0 Å². The Labute approximate surface area is 142 Å². The summed E-state index contributed by atoms with van der Waals surface area (Å²) in [4.78, 5) is 4.32. The molecule has 0 saturated carbocycles. The molecule has 0 spiro atoms. The maximum atomic E-state index is 13.3. The molecule has 136 valence electrons. The van der Waals surface area contributed by atoms with Crippen LogP contribution in [0.4, 0.5) is 8.78 Å². The number of hydrogen-bond acceptors (Lipinski definition) is 4. The predicted octanol–water partition coefficient (Wildman–Crippen LogP) is 2.02. The lowest BCUT2D eigenvalue weighted by Gasteiger charge is -2.38. The van der Waals surface area contributed by atoms with Gasteiger partial charge in [0.2, 0.25) is 0 Å². The first kappa shape index (κ1) is 19.2. The Morgan fingerprint density at radius 3 is 2.00 bits per heavy atom. The summed E-state index contributed by atoms with van der Waals surface area (Å²) in [5.74, 6) is -1.84. The monoisotopic (exact) mass is 342 g/mol. The fraction of sp³-hybridized carbons (Fsp3) is 0.667. The zero-order valence-corrected chi connectivity index (χ0v) is 14.7. The lowest BCUT2D eigenvalue weighted by atomic mass is 9.89. The third kappa shape index (κ3) is 5.21. The Kier molecular flexibility index (Phi) is 6.31. The number of halogens is 2. The molecule has 2 N–H and O–H groups in total. The maximum Gasteiger partial charge on any atom is 0.159 e. The first-order valence-electron chi connectivity index (χ1n) is 8.42. The van der Waals surface area contributed by atoms with Crippen LogP contribution in [0.15, 0.2) is 18.2 Å². The molecular formula is C18H28F2N2O2. The van der Waals surface area contributed by atoms with Crippen LogP contribution in [0.1, 0.15) is 32.4 Å². The highest BCUT2D eigenvalue weighted by atomic mass is 19.2. The Balaban J connectivity index is 1.81. The third-order valence-electron chi connectivity index (χ3n) is 4.66. The van der Waals surface area contributed by atoms with Crippen LogP contribution in [-0.4, -0.2) is 65.4 Å². The van der Waals surface area contributed by atoms with Gasteiger partial charge in [-0.3, -0.25) is 9.80 Å². The zero-order valence-electron chi connectivity index (χ0n) is 14.7. The third-order valence-corrected chi connectivity index (χ3v) is 4.66. The highest BCUT2D eigenvalue weighted by molar-refractivity contribution is 5.20. The SMILES string of the molecule is CC(C)(C)[C@H](O)CN1CCN(C[C@H](O)c2ccc(F)c(F)c2)CC1. The van der Waals surface area contributed by atoms with Crippen molar-refractivity contribution >= 4 is 0 Å². The van der Waals surface area contributed by atoms with Gasteiger partial charge in [-0.05, 0) is 23.1 Å². The number of β-amino-alcohol motifs (C(OH)–C–C–N with tert-alkyl or cyclic N) is 2. The van der Waals surface area contributed by atoms with E-state index in [1.165, 1.54) is 6.07 Å². The van der Waals surface area contributed by atoms with E-state index >= 15 is 0 Å². The van der Waals surface area contributed by atoms with Crippen molar-refractivity contribution in [3.63, 3.8) is 0 Å². The van der Waals surface area contributed by atoms with Gasteiger partial charge in [0.1, 0.15) is 0 Å². The molecule has 0 aromatic heterocycles. The van der Waals surface area contributed by atoms with E-state index in [2.05, 4.69) is 9.80 Å². The summed E-state index contributed by atoms with van der Waals surface area (Å²) in [5, 5.41) is 20.4. The number of aliphatic hydroxyl groups is 2. The number of benzene rings is 1. The summed E-state index contributed by atoms with van der Waals surface area (Å²) < 4.78 is 26.2. The van der Waals surface area contributed by atoms with Crippen molar-refractivity contribution in [3.8, 4) is 0 Å². The van der Waals surface area contributed by atoms with Crippen molar-refractivity contribution in [2.45, 2.75) is 33.0 Å². The number of nitrogens with zero attached hydrogens (tertiary/aromatic N) is 2. The van der Waals surface area contributed by atoms with Gasteiger partial charge in [0, 0.05) is 39.3 Å². The Hall–Kier alpha value is -1.08. The molecule has 1 fully saturated rings. The van der Waals surface area contributed by atoms with E-state index in [1.807, 2.05) is 20.8 Å². The van der Waals surface area contributed by atoms with Gasteiger partial charge >= 0.3 is 0 Å². The predicted molar refractivity (Wildman–Crippen MR) is 89.7 cm³/mol. The van der Waals surface area contributed by atoms with Crippen LogP contribution in [0.5, 0.6) is 0 Å². The van der Waals surface area contributed by atoms with E-state index in [-0.39, 0.29) is 11.5 Å². The molecule has 1 aliphatic rings. The average Bonchev–Trinajstić information content (AvgIpc) is 2.51. The van der Waals surface area contributed by atoms with E-state index in [1.54, 1.807) is 0 Å². The standard InChI is InChI=1S/C18H28F2N2O2/c1-18(2,3)17(24)12-22-8-6-21(7-9-22)11-16(23)13-4-5-14(19)15(20)10-13/h4-5,10,16-17,23-24H,6-9,11-12H2,1-3H3/t16-,17+/m0/s1. The van der Waals surface area contributed by atoms with Gasteiger partial charge < -0.3 is 10.2 Å². The Bertz CT molecular complexity index is 540. The molecule has 1 aliphatic heterocycles. The molecule has 4 nitrogen and oxygen atoms in total. The van der Waals surface area contributed by atoms with E-state index in [4.69, 9.17) is 0 Å². The molecule has 2 rings (SSSR count). The first-order valence-corrected chi connectivity index (χ1v) is 8.42. The summed E-state index contributed by atoms with van der Waals surface area (Å²) in [6.45, 7) is 10.3. The van der Waals surface area contributed by atoms with Crippen LogP contribution >= 0.6 is 0 Å². The van der Waals surface area contributed by atoms with Gasteiger partial charge in [0.15, 0.2) is 11.6 Å². The summed E-state index contributed by atoms with van der Waals surface area (Å²) in [5.41, 5.74) is 0.250. The normalized spacial score (nSPS) is 20.1. The summed E-state index contributed by atoms with van der Waals surface area (Å²) in [7, 11) is 0. The minimum Gasteiger partial charge on any atom is -0.391 e. The van der Waals surface area contributed by atoms with E-state index in [0.29, 0.717) is 18.7 Å². The summed E-state index contributed by atoms with van der Waals surface area (Å²) >= 11 is 0. The Morgan fingerprint density at radius 2 is 1.50 bits per heavy atom. The molecule has 24 heavy (non-hydrogen) atoms. The maximum absolute atomic E-state index is 13.3. The van der Waals surface area contributed by atoms with Gasteiger partial charge in [-0.15, -0.1) is 0 Å². The first-order chi connectivity index (χ1) is 11.2. The smallest absolute Gasteiger partial charge is 0.159 e. The van der Waals surface area contributed by atoms with Crippen LogP contribution in [0.2, 0.25) is 0 Å². The molecule has 2 atom stereocenters. The lowest BCUT2D eigenvalue weighted by Crippen LogP contribution is -2.50. The second-order valence-electron chi connectivity index (χ2n) is 7.67. The number of hydrogen-bond donors (Lipinski definition) is 2. The summed E-state index contributed by atoms with van der Waals surface area (Å²) in [6, 6.07) is 3.51. The van der Waals surface area contributed by atoms with E-state index in [9.17, 15) is 19.0 Å². The van der Waals surface area contributed by atoms with Gasteiger partial charge in [-0.25, -0.2) is 8.78 Å². The molecule has 0 bridgehead atoms. The highest BCUT2D eigenvalue weighted by Gasteiger charge is 2.27. The molecule has 6 heteroatoms. The van der Waals surface area contributed by atoms with Crippen LogP contribution in [0, 0.1) is 17.0 Å². The van der Waals surface area contributed by atoms with Crippen LogP contribution in [0.25, 0.3) is 0 Å². The van der Waals surface area contributed by atoms with Gasteiger partial charge in [-0.1, -0.05) is 26.8 Å². The molecule has 1 saturated heterocycles. The van der Waals surface area contributed by atoms with Crippen molar-refractivity contribution in [1.82, 2.24) is 9.80 Å². The quantitative estimate of drug-likeness (QED) is 0.860. The fourth-order valence-electron chi connectivity index (χ4n) is 2.74. The number of aliphatic hydroxyl groups excluding tert-OH is 2. The minimum absolute atomic E-state index is 0.139. The zero-order chi connectivity index (χ0) is 17.9. The summed E-state index contributed by atoms with van der Waals surface area (Å²) in [6.07, 6.45) is -1.22. The second-order valence-corrected chi connectivity index (χ2v) is 7.67. The average molecular weight is 342 g/mol. The minimum atomic E-state index is -0.937. The molecular weight excluding hydrogens is 314 g/mol. The largest absolute Gasteiger partial charge is 0.391 e. The lowest BCUT2D eigenvalue weighted by molar-refractivity contribution is 0.00716. The highest BCUT2D eigenvalue weighted by Crippen LogP contribution is 2.21. The van der Waals surface area contributed by atoms with Crippen LogP contribution < -0.4 is 0 Å². The second kappa shape index (κ2) is 7.87. The molecule has 0 aliphatic carbocycles. The molecule has 1 aromatic rings. The molecule has 0 radical (unpaired) electrons. The van der Waals surface area contributed by atoms with Crippen molar-refractivity contribution < 1.29 is 19.0 Å². The molecule has 0 unspecified atom stereocenters. The molecule has 1 heterocycles. The number of piperazine rings is 1. The molecule has 1 aromatic carbocycles. The van der Waals surface area contributed by atoms with Crippen molar-refractivity contribution in [3.05, 3.63) is 35.4 Å². The van der Waals surface area contributed by atoms with Gasteiger partial charge in [-0.2, -0.15) is 0 Å². The van der Waals surface area contributed by atoms with E-state index in [0.717, 1.165) is 38.3 Å². The van der Waals surface area contributed by atoms with Crippen LogP contribution in [-0.2, 0) is 0 Å². The van der Waals surface area contributed by atoms with Gasteiger partial charge in [0.05, 0.1) is 12.2 Å².